The van der Waals surface area contributed by atoms with E-state index in [9.17, 15) is 23.6 Å². The molecule has 4 rings (SSSR count). The van der Waals surface area contributed by atoms with Gasteiger partial charge in [0.05, 0.1) is 31.3 Å². The minimum Gasteiger partial charge on any atom is -0.497 e. The number of aliphatic hydroxyl groups is 1. The monoisotopic (exact) mass is 599 g/mol. The van der Waals surface area contributed by atoms with Crippen LogP contribution in [-0.4, -0.2) is 56.6 Å². The van der Waals surface area contributed by atoms with Gasteiger partial charge in [-0.25, -0.2) is 13.2 Å². The Labute approximate surface area is 248 Å². The van der Waals surface area contributed by atoms with Gasteiger partial charge in [0.1, 0.15) is 17.5 Å². The van der Waals surface area contributed by atoms with Crippen LogP contribution < -0.4 is 15.8 Å². The van der Waals surface area contributed by atoms with Crippen LogP contribution in [0.25, 0.3) is 0 Å². The van der Waals surface area contributed by atoms with Gasteiger partial charge in [0.2, 0.25) is 14.8 Å². The molecule has 4 N–H and O–H groups in total. The average Bonchev–Trinajstić information content (AvgIpc) is 3.68. The molecule has 2 aromatic rings. The lowest BCUT2D eigenvalue weighted by Gasteiger charge is -2.52. The Bertz CT molecular complexity index is 1350. The molecule has 2 aliphatic rings. The van der Waals surface area contributed by atoms with E-state index >= 15 is 0 Å². The number of carbonyl (C=O) groups excluding carboxylic acids is 1. The first-order chi connectivity index (χ1) is 20.0. The Hall–Kier alpha value is -3.17. The van der Waals surface area contributed by atoms with E-state index in [0.29, 0.717) is 43.6 Å². The van der Waals surface area contributed by atoms with Crippen molar-refractivity contribution in [2.75, 3.05) is 20.3 Å². The molecule has 0 bridgehead atoms. The van der Waals surface area contributed by atoms with Crippen molar-refractivity contribution in [3.8, 4) is 11.8 Å². The van der Waals surface area contributed by atoms with Gasteiger partial charge in [-0.3, -0.25) is 5.32 Å². The first kappa shape index (κ1) is 31.8. The van der Waals surface area contributed by atoms with E-state index < -0.39 is 44.0 Å². The van der Waals surface area contributed by atoms with E-state index in [-0.39, 0.29) is 24.3 Å². The smallest absolute Gasteiger partial charge is 0.409 e. The molecule has 228 valence electrons. The van der Waals surface area contributed by atoms with Crippen molar-refractivity contribution in [3.63, 3.8) is 0 Å². The molecular formula is C31H41N3O7S. The first-order valence-corrected chi connectivity index (χ1v) is 15.9. The van der Waals surface area contributed by atoms with Crippen molar-refractivity contribution in [2.24, 2.45) is 17.1 Å². The maximum Gasteiger partial charge on any atom is 0.409 e. The summed E-state index contributed by atoms with van der Waals surface area (Å²) in [4.78, 5) is 10.5. The third-order valence-electron chi connectivity index (χ3n) is 9.07. The van der Waals surface area contributed by atoms with Gasteiger partial charge in [0, 0.05) is 25.2 Å². The molecule has 42 heavy (non-hydrogen) atoms. The maximum absolute atomic E-state index is 14.8. The summed E-state index contributed by atoms with van der Waals surface area (Å²) in [5.41, 5.74) is 4.71. The number of rotatable bonds is 12. The van der Waals surface area contributed by atoms with Crippen molar-refractivity contribution in [3.05, 3.63) is 60.2 Å². The van der Waals surface area contributed by atoms with E-state index in [4.69, 9.17) is 19.9 Å². The lowest BCUT2D eigenvalue weighted by molar-refractivity contribution is -0.0712. The van der Waals surface area contributed by atoms with Crippen molar-refractivity contribution in [1.82, 2.24) is 5.32 Å². The molecule has 1 saturated heterocycles. The van der Waals surface area contributed by atoms with Crippen LogP contribution in [-0.2, 0) is 25.7 Å². The highest BCUT2D eigenvalue weighted by Crippen LogP contribution is 2.55. The topological polar surface area (TPSA) is 161 Å². The molecule has 2 fully saturated rings. The number of nitrogens with one attached hydrogen (secondary N) is 1. The summed E-state index contributed by atoms with van der Waals surface area (Å²) < 4.78 is 45.7. The van der Waals surface area contributed by atoms with Crippen molar-refractivity contribution in [1.29, 1.82) is 5.26 Å². The number of nitriles is 1. The van der Waals surface area contributed by atoms with Crippen LogP contribution in [0.15, 0.2) is 59.5 Å². The number of alkyl carbamates (subject to hydrolysis) is 1. The van der Waals surface area contributed by atoms with Gasteiger partial charge in [-0.15, -0.1) is 0 Å². The lowest BCUT2D eigenvalue weighted by Crippen LogP contribution is -2.77. The molecule has 4 atom stereocenters. The summed E-state index contributed by atoms with van der Waals surface area (Å²) in [5, 5.41) is 25.1. The van der Waals surface area contributed by atoms with E-state index in [1.807, 2.05) is 6.07 Å². The molecule has 1 heterocycles. The third-order valence-corrected chi connectivity index (χ3v) is 11.5. The fraction of sp³-hybridized carbons (Fsp3) is 0.548. The fourth-order valence-corrected chi connectivity index (χ4v) is 8.81. The Balaban J connectivity index is 1.90. The van der Waals surface area contributed by atoms with Crippen LogP contribution in [0.3, 0.4) is 0 Å². The van der Waals surface area contributed by atoms with Crippen LogP contribution in [0.4, 0.5) is 4.79 Å². The van der Waals surface area contributed by atoms with Gasteiger partial charge in [-0.1, -0.05) is 50.1 Å². The summed E-state index contributed by atoms with van der Waals surface area (Å²) in [7, 11) is -3.21. The standard InChI is InChI=1S/C31H41N3O7S/c1-23(29(18-8-19-32)16-6-7-17-29)31(36,42(37,38)27-13-11-25(39-2)12-14-27)30(33,21-24-9-4-3-5-10-24)34-28(35)41-26-15-20-40-22-26/h3-5,9-14,23,26,36H,6-8,15-18,20-22,33H2,1-2H3,(H,34,35)/t23-,26?,30-,31+/m0/s1. The zero-order chi connectivity index (χ0) is 30.4. The van der Waals surface area contributed by atoms with Crippen LogP contribution in [0.2, 0.25) is 0 Å². The minimum atomic E-state index is -4.68. The summed E-state index contributed by atoms with van der Waals surface area (Å²) in [6.07, 6.45) is 2.25. The number of hydrogen-bond acceptors (Lipinski definition) is 9. The average molecular weight is 600 g/mol. The van der Waals surface area contributed by atoms with Crippen molar-refractivity contribution >= 4 is 15.9 Å². The Morgan fingerprint density at radius 3 is 2.45 bits per heavy atom. The molecule has 1 aliphatic carbocycles. The normalized spacial score (nSPS) is 21.8. The predicted molar refractivity (Wildman–Crippen MR) is 156 cm³/mol. The maximum atomic E-state index is 14.8. The number of sulfone groups is 1. The highest BCUT2D eigenvalue weighted by Gasteiger charge is 2.66. The molecular weight excluding hydrogens is 558 g/mol. The quantitative estimate of drug-likeness (QED) is 0.305. The van der Waals surface area contributed by atoms with Gasteiger partial charge >= 0.3 is 6.09 Å². The van der Waals surface area contributed by atoms with E-state index in [1.165, 1.54) is 31.4 Å². The molecule has 0 aromatic heterocycles. The number of carbonyl (C=O) groups is 1. The molecule has 0 radical (unpaired) electrons. The second kappa shape index (κ2) is 13.0. The number of ether oxygens (including phenoxy) is 3. The number of methoxy groups -OCH3 is 1. The first-order valence-electron chi connectivity index (χ1n) is 14.4. The highest BCUT2D eigenvalue weighted by atomic mass is 32.2. The largest absolute Gasteiger partial charge is 0.497 e. The van der Waals surface area contributed by atoms with Gasteiger partial charge in [-0.05, 0) is 54.5 Å². The predicted octanol–water partition coefficient (Wildman–Crippen LogP) is 4.07. The second-order valence-corrected chi connectivity index (χ2v) is 13.6. The summed E-state index contributed by atoms with van der Waals surface area (Å²) >= 11 is 0. The zero-order valence-corrected chi connectivity index (χ0v) is 25.1. The summed E-state index contributed by atoms with van der Waals surface area (Å²) in [6, 6.07) is 16.8. The summed E-state index contributed by atoms with van der Waals surface area (Å²) in [6.45, 7) is 2.32. The van der Waals surface area contributed by atoms with E-state index in [1.54, 1.807) is 31.2 Å². The Morgan fingerprint density at radius 2 is 1.88 bits per heavy atom. The van der Waals surface area contributed by atoms with Crippen molar-refractivity contribution < 1.29 is 32.5 Å². The summed E-state index contributed by atoms with van der Waals surface area (Å²) in [5.74, 6) is -0.549. The Kier molecular flexibility index (Phi) is 9.83. The van der Waals surface area contributed by atoms with E-state index in [0.717, 1.165) is 12.8 Å². The Morgan fingerprint density at radius 1 is 1.21 bits per heavy atom. The van der Waals surface area contributed by atoms with Gasteiger partial charge in [-0.2, -0.15) is 5.26 Å². The van der Waals surface area contributed by atoms with Gasteiger partial charge in [0.15, 0.2) is 0 Å². The van der Waals surface area contributed by atoms with Crippen LogP contribution >= 0.6 is 0 Å². The third kappa shape index (κ3) is 6.13. The molecule has 0 spiro atoms. The number of nitrogens with zero attached hydrogens (tertiary/aromatic N) is 1. The van der Waals surface area contributed by atoms with Crippen LogP contribution in [0, 0.1) is 22.7 Å². The molecule has 11 heteroatoms. The number of amides is 1. The molecule has 1 saturated carbocycles. The molecule has 2 aromatic carbocycles. The van der Waals surface area contributed by atoms with Gasteiger partial charge in [0.25, 0.3) is 0 Å². The van der Waals surface area contributed by atoms with E-state index in [2.05, 4.69) is 11.4 Å². The number of nitrogens with two attached hydrogens (primary N) is 1. The lowest BCUT2D eigenvalue weighted by atomic mass is 9.66. The SMILES string of the molecule is COc1ccc(S(=O)(=O)[C@](O)([C@@H](C)C2(CCC#N)CCCC2)[C@](N)(Cc2ccccc2)NC(=O)OC2CCOC2)cc1. The molecule has 1 unspecified atom stereocenters. The number of hydrogen-bond donors (Lipinski definition) is 3. The second-order valence-electron chi connectivity index (χ2n) is 11.5. The van der Waals surface area contributed by atoms with Gasteiger partial charge < -0.3 is 25.1 Å². The number of benzene rings is 2. The highest BCUT2D eigenvalue weighted by molar-refractivity contribution is 7.92. The van der Waals surface area contributed by atoms with Crippen LogP contribution in [0.1, 0.15) is 57.4 Å². The fourth-order valence-electron chi connectivity index (χ4n) is 6.64. The minimum absolute atomic E-state index is 0.173. The van der Waals surface area contributed by atoms with Crippen LogP contribution in [0.5, 0.6) is 5.75 Å². The molecule has 1 amide bonds. The molecule has 10 nitrogen and oxygen atoms in total. The molecule has 1 aliphatic heterocycles. The zero-order valence-electron chi connectivity index (χ0n) is 24.3. The van der Waals surface area contributed by atoms with Crippen molar-refractivity contribution in [2.45, 2.75) is 79.9 Å².